The first-order valence-corrected chi connectivity index (χ1v) is 13.1. The fourth-order valence-electron chi connectivity index (χ4n) is 4.49. The first-order valence-electron chi connectivity index (χ1n) is 13.1. The van der Waals surface area contributed by atoms with E-state index in [1.54, 1.807) is 76.5 Å². The number of ketones is 1. The van der Waals surface area contributed by atoms with Crippen molar-refractivity contribution in [1.82, 2.24) is 15.2 Å². The quantitative estimate of drug-likeness (QED) is 0.270. The van der Waals surface area contributed by atoms with E-state index in [9.17, 15) is 23.6 Å². The summed E-state index contributed by atoms with van der Waals surface area (Å²) in [4.78, 5) is 52.0. The Morgan fingerprint density at radius 2 is 1.61 bits per heavy atom. The molecule has 1 aromatic heterocycles. The molecular weight excluding hydrogens is 523 g/mol. The molecule has 0 spiro atoms. The van der Waals surface area contributed by atoms with Crippen LogP contribution < -0.4 is 21.5 Å². The minimum Gasteiger partial charge on any atom is -0.355 e. The van der Waals surface area contributed by atoms with E-state index in [0.717, 1.165) is 0 Å². The zero-order chi connectivity index (χ0) is 29.7. The molecule has 0 aliphatic rings. The Balaban J connectivity index is 1.82. The van der Waals surface area contributed by atoms with Crippen LogP contribution in [0.5, 0.6) is 0 Å². The lowest BCUT2D eigenvalue weighted by molar-refractivity contribution is -0.117. The molecular formula is C32H31FN4O4. The number of benzene rings is 3. The van der Waals surface area contributed by atoms with Crippen LogP contribution in [-0.4, -0.2) is 42.3 Å². The highest BCUT2D eigenvalue weighted by Gasteiger charge is 2.19. The molecule has 0 bridgehead atoms. The molecule has 8 nitrogen and oxygen atoms in total. The van der Waals surface area contributed by atoms with E-state index in [1.165, 1.54) is 28.8 Å². The second-order valence-corrected chi connectivity index (χ2v) is 9.62. The van der Waals surface area contributed by atoms with Crippen molar-refractivity contribution in [3.8, 4) is 11.3 Å². The molecule has 0 radical (unpaired) electrons. The van der Waals surface area contributed by atoms with Crippen LogP contribution in [0.3, 0.4) is 0 Å². The number of nitrogens with one attached hydrogen (secondary N) is 3. The van der Waals surface area contributed by atoms with Crippen molar-refractivity contribution in [1.29, 1.82) is 0 Å². The molecule has 4 rings (SSSR count). The molecule has 3 aromatic carbocycles. The van der Waals surface area contributed by atoms with Crippen molar-refractivity contribution in [2.24, 2.45) is 0 Å². The standard InChI is InChI=1S/C32H31FN4O4/c1-19-25(9-6-10-26(19)31(40)35-4)28-16-15-27(36-30(39)20(2)34-3)32(41)37(28)18-21-7-5-8-23(17-21)29(38)22-11-13-24(33)14-12-22/h5-17,20,34H,18H2,1-4H3,(H,35,40)(H,36,39). The number of nitrogens with zero attached hydrogens (tertiary/aromatic N) is 1. The third-order valence-electron chi connectivity index (χ3n) is 6.98. The predicted octanol–water partition coefficient (Wildman–Crippen LogP) is 4.15. The molecule has 2 amide bonds. The molecule has 1 atom stereocenters. The maximum Gasteiger partial charge on any atom is 0.275 e. The Hall–Kier alpha value is -4.89. The number of rotatable bonds is 9. The van der Waals surface area contributed by atoms with E-state index < -0.39 is 17.4 Å². The van der Waals surface area contributed by atoms with Crippen LogP contribution in [0.25, 0.3) is 11.3 Å². The number of halogens is 1. The lowest BCUT2D eigenvalue weighted by Gasteiger charge is -2.19. The van der Waals surface area contributed by atoms with E-state index >= 15 is 0 Å². The molecule has 41 heavy (non-hydrogen) atoms. The number of anilines is 1. The van der Waals surface area contributed by atoms with Gasteiger partial charge in [0.05, 0.1) is 18.3 Å². The number of carbonyl (C=O) groups excluding carboxylic acids is 3. The minimum atomic E-state index is -0.525. The van der Waals surface area contributed by atoms with E-state index in [0.29, 0.717) is 39.1 Å². The summed E-state index contributed by atoms with van der Waals surface area (Å²) in [6, 6.07) is 20.2. The Bertz CT molecular complexity index is 1680. The van der Waals surface area contributed by atoms with Gasteiger partial charge in [-0.25, -0.2) is 4.39 Å². The van der Waals surface area contributed by atoms with Crippen molar-refractivity contribution in [2.75, 3.05) is 19.4 Å². The van der Waals surface area contributed by atoms with Crippen molar-refractivity contribution in [3.05, 3.63) is 123 Å². The molecule has 1 unspecified atom stereocenters. The zero-order valence-electron chi connectivity index (χ0n) is 23.2. The molecule has 3 N–H and O–H groups in total. The third kappa shape index (κ3) is 6.31. The number of hydrogen-bond donors (Lipinski definition) is 3. The first kappa shape index (κ1) is 29.1. The first-order chi connectivity index (χ1) is 19.6. The SMILES string of the molecule is CNC(=O)c1cccc(-c2ccc(NC(=O)C(C)NC)c(=O)n2Cc2cccc(C(=O)c3ccc(F)cc3)c2)c1C. The second kappa shape index (κ2) is 12.5. The van der Waals surface area contributed by atoms with Crippen LogP contribution >= 0.6 is 0 Å². The minimum absolute atomic E-state index is 0.0770. The summed E-state index contributed by atoms with van der Waals surface area (Å²) in [7, 11) is 3.20. The van der Waals surface area contributed by atoms with E-state index in [4.69, 9.17) is 0 Å². The third-order valence-corrected chi connectivity index (χ3v) is 6.98. The summed E-state index contributed by atoms with van der Waals surface area (Å²) in [6.07, 6.45) is 0. The Morgan fingerprint density at radius 1 is 0.902 bits per heavy atom. The molecule has 210 valence electrons. The van der Waals surface area contributed by atoms with Crippen LogP contribution in [0.2, 0.25) is 0 Å². The highest BCUT2D eigenvalue weighted by molar-refractivity contribution is 6.09. The number of likely N-dealkylation sites (N-methyl/N-ethyl adjacent to an activating group) is 1. The van der Waals surface area contributed by atoms with E-state index in [-0.39, 0.29) is 29.8 Å². The maximum absolute atomic E-state index is 13.8. The maximum atomic E-state index is 13.8. The van der Waals surface area contributed by atoms with Gasteiger partial charge in [0.2, 0.25) is 5.91 Å². The van der Waals surface area contributed by atoms with Crippen LogP contribution in [-0.2, 0) is 11.3 Å². The second-order valence-electron chi connectivity index (χ2n) is 9.62. The van der Waals surface area contributed by atoms with Crippen LogP contribution in [0.1, 0.15) is 44.3 Å². The number of aromatic nitrogens is 1. The molecule has 0 fully saturated rings. The highest BCUT2D eigenvalue weighted by atomic mass is 19.1. The summed E-state index contributed by atoms with van der Waals surface area (Å²) in [6.45, 7) is 3.56. The van der Waals surface area contributed by atoms with Crippen molar-refractivity contribution < 1.29 is 18.8 Å². The summed E-state index contributed by atoms with van der Waals surface area (Å²) in [5.41, 5.74) is 3.39. The smallest absolute Gasteiger partial charge is 0.275 e. The summed E-state index contributed by atoms with van der Waals surface area (Å²) < 4.78 is 14.9. The fourth-order valence-corrected chi connectivity index (χ4v) is 4.49. The number of carbonyl (C=O) groups is 3. The van der Waals surface area contributed by atoms with Gasteiger partial charge in [-0.2, -0.15) is 0 Å². The van der Waals surface area contributed by atoms with Crippen molar-refractivity contribution in [3.63, 3.8) is 0 Å². The Morgan fingerprint density at radius 3 is 2.29 bits per heavy atom. The van der Waals surface area contributed by atoms with Crippen LogP contribution in [0, 0.1) is 12.7 Å². The van der Waals surface area contributed by atoms with Crippen LogP contribution in [0.15, 0.2) is 83.7 Å². The van der Waals surface area contributed by atoms with Crippen molar-refractivity contribution in [2.45, 2.75) is 26.4 Å². The average molecular weight is 555 g/mol. The molecule has 0 saturated carbocycles. The molecule has 4 aromatic rings. The molecule has 9 heteroatoms. The lowest BCUT2D eigenvalue weighted by Crippen LogP contribution is -2.37. The van der Waals surface area contributed by atoms with Gasteiger partial charge in [0, 0.05) is 29.3 Å². The number of hydrogen-bond acceptors (Lipinski definition) is 5. The van der Waals surface area contributed by atoms with Gasteiger partial charge in [0.25, 0.3) is 11.5 Å². The molecule has 0 saturated heterocycles. The molecule has 0 aliphatic heterocycles. The summed E-state index contributed by atoms with van der Waals surface area (Å²) >= 11 is 0. The summed E-state index contributed by atoms with van der Waals surface area (Å²) in [5, 5.41) is 8.17. The molecule has 1 heterocycles. The Labute approximate surface area is 237 Å². The van der Waals surface area contributed by atoms with Crippen molar-refractivity contribution >= 4 is 23.3 Å². The normalized spacial score (nSPS) is 11.5. The van der Waals surface area contributed by atoms with Gasteiger partial charge in [-0.1, -0.05) is 30.3 Å². The van der Waals surface area contributed by atoms with Gasteiger partial charge >= 0.3 is 0 Å². The topological polar surface area (TPSA) is 109 Å². The monoisotopic (exact) mass is 554 g/mol. The number of amides is 2. The Kier molecular flexibility index (Phi) is 8.89. The molecule has 0 aliphatic carbocycles. The van der Waals surface area contributed by atoms with E-state index in [2.05, 4.69) is 16.0 Å². The van der Waals surface area contributed by atoms with Crippen LogP contribution in [0.4, 0.5) is 10.1 Å². The van der Waals surface area contributed by atoms with Gasteiger partial charge in [-0.15, -0.1) is 0 Å². The fraction of sp³-hybridized carbons (Fsp3) is 0.188. The van der Waals surface area contributed by atoms with Gasteiger partial charge in [0.15, 0.2) is 5.78 Å². The van der Waals surface area contributed by atoms with Gasteiger partial charge in [-0.05, 0) is 80.6 Å². The largest absolute Gasteiger partial charge is 0.355 e. The summed E-state index contributed by atoms with van der Waals surface area (Å²) in [5.74, 6) is -1.34. The highest BCUT2D eigenvalue weighted by Crippen LogP contribution is 2.27. The lowest BCUT2D eigenvalue weighted by atomic mass is 9.98. The van der Waals surface area contributed by atoms with Gasteiger partial charge in [-0.3, -0.25) is 19.2 Å². The average Bonchev–Trinajstić information content (AvgIpc) is 2.98. The zero-order valence-corrected chi connectivity index (χ0v) is 23.2. The van der Waals surface area contributed by atoms with Gasteiger partial charge < -0.3 is 20.5 Å². The van der Waals surface area contributed by atoms with Gasteiger partial charge in [0.1, 0.15) is 11.5 Å². The number of pyridine rings is 1. The predicted molar refractivity (Wildman–Crippen MR) is 157 cm³/mol. The van der Waals surface area contributed by atoms with E-state index in [1.807, 2.05) is 6.07 Å².